The molecule has 0 bridgehead atoms. The highest BCUT2D eigenvalue weighted by molar-refractivity contribution is 5.22. The second-order valence-corrected chi connectivity index (χ2v) is 4.36. The first-order valence-electron chi connectivity index (χ1n) is 5.92. The van der Waals surface area contributed by atoms with Crippen molar-refractivity contribution in [1.82, 2.24) is 10.3 Å². The second kappa shape index (κ2) is 5.60. The molecule has 1 aromatic heterocycles. The molecule has 1 N–H and O–H groups in total. The summed E-state index contributed by atoms with van der Waals surface area (Å²) in [7, 11) is 0. The van der Waals surface area contributed by atoms with Crippen LogP contribution < -0.4 is 5.32 Å². The smallest absolute Gasteiger partial charge is 0.0570 e. The first-order chi connectivity index (χ1) is 8.25. The van der Waals surface area contributed by atoms with E-state index < -0.39 is 0 Å². The van der Waals surface area contributed by atoms with E-state index in [1.54, 1.807) is 0 Å². The summed E-state index contributed by atoms with van der Waals surface area (Å²) in [4.78, 5) is 4.36. The number of pyridine rings is 1. The summed E-state index contributed by atoms with van der Waals surface area (Å²) < 4.78 is 0. The van der Waals surface area contributed by atoms with Crippen LogP contribution in [0.5, 0.6) is 0 Å². The molecule has 0 aliphatic heterocycles. The molecule has 0 aliphatic rings. The van der Waals surface area contributed by atoms with E-state index in [9.17, 15) is 0 Å². The zero-order valence-electron chi connectivity index (χ0n) is 10.4. The molecule has 0 amide bonds. The fourth-order valence-electron chi connectivity index (χ4n) is 1.85. The quantitative estimate of drug-likeness (QED) is 0.867. The van der Waals surface area contributed by atoms with Crippen molar-refractivity contribution in [2.24, 2.45) is 0 Å². The Labute approximate surface area is 103 Å². The number of aryl methyl sites for hydroxylation is 2. The maximum Gasteiger partial charge on any atom is 0.0570 e. The van der Waals surface area contributed by atoms with Gasteiger partial charge in [-0.1, -0.05) is 35.9 Å². The molecule has 0 spiro atoms. The van der Waals surface area contributed by atoms with Gasteiger partial charge in [0.1, 0.15) is 0 Å². The fourth-order valence-corrected chi connectivity index (χ4v) is 1.85. The van der Waals surface area contributed by atoms with E-state index in [1.165, 1.54) is 16.7 Å². The summed E-state index contributed by atoms with van der Waals surface area (Å²) in [6.45, 7) is 5.92. The van der Waals surface area contributed by atoms with Crippen LogP contribution in [0.15, 0.2) is 42.6 Å². The summed E-state index contributed by atoms with van der Waals surface area (Å²) in [5, 5.41) is 3.42. The van der Waals surface area contributed by atoms with Crippen molar-refractivity contribution in [3.63, 3.8) is 0 Å². The van der Waals surface area contributed by atoms with Crippen LogP contribution in [0.4, 0.5) is 0 Å². The third kappa shape index (κ3) is 3.40. The number of nitrogens with one attached hydrogen (secondary N) is 1. The van der Waals surface area contributed by atoms with Gasteiger partial charge in [0.2, 0.25) is 0 Å². The topological polar surface area (TPSA) is 24.9 Å². The van der Waals surface area contributed by atoms with Crippen molar-refractivity contribution in [1.29, 1.82) is 0 Å². The van der Waals surface area contributed by atoms with E-state index in [0.29, 0.717) is 0 Å². The van der Waals surface area contributed by atoms with Gasteiger partial charge in [-0.15, -0.1) is 0 Å². The van der Waals surface area contributed by atoms with Crippen LogP contribution in [0, 0.1) is 13.8 Å². The molecule has 0 atom stereocenters. The van der Waals surface area contributed by atoms with Gasteiger partial charge in [0.25, 0.3) is 0 Å². The minimum absolute atomic E-state index is 0.820. The number of benzene rings is 1. The van der Waals surface area contributed by atoms with E-state index in [0.717, 1.165) is 18.8 Å². The summed E-state index contributed by atoms with van der Waals surface area (Å²) >= 11 is 0. The van der Waals surface area contributed by atoms with Gasteiger partial charge >= 0.3 is 0 Å². The van der Waals surface area contributed by atoms with Crippen LogP contribution in [-0.4, -0.2) is 4.98 Å². The van der Waals surface area contributed by atoms with Crippen molar-refractivity contribution < 1.29 is 0 Å². The van der Waals surface area contributed by atoms with Gasteiger partial charge in [-0.2, -0.15) is 0 Å². The lowest BCUT2D eigenvalue weighted by Crippen LogP contribution is -2.14. The Morgan fingerprint density at radius 1 is 1.06 bits per heavy atom. The molecule has 1 heterocycles. The molecular weight excluding hydrogens is 208 g/mol. The first kappa shape index (κ1) is 11.8. The second-order valence-electron chi connectivity index (χ2n) is 4.36. The van der Waals surface area contributed by atoms with Crippen LogP contribution in [0.25, 0.3) is 0 Å². The van der Waals surface area contributed by atoms with Gasteiger partial charge in [0, 0.05) is 19.3 Å². The Balaban J connectivity index is 1.90. The molecule has 0 saturated carbocycles. The van der Waals surface area contributed by atoms with Crippen LogP contribution in [-0.2, 0) is 13.1 Å². The standard InChI is InChI=1S/C15H18N2/c1-12-5-3-7-14(9-12)10-16-11-15-13(2)6-4-8-17-15/h3-9,16H,10-11H2,1-2H3. The van der Waals surface area contributed by atoms with Crippen molar-refractivity contribution >= 4 is 0 Å². The highest BCUT2D eigenvalue weighted by Gasteiger charge is 1.98. The third-order valence-electron chi connectivity index (χ3n) is 2.82. The molecule has 2 aromatic rings. The SMILES string of the molecule is Cc1cccc(CNCc2ncccc2C)c1. The molecule has 2 nitrogen and oxygen atoms in total. The molecule has 0 fully saturated rings. The Hall–Kier alpha value is -1.67. The normalized spacial score (nSPS) is 10.5. The molecule has 0 saturated heterocycles. The molecular formula is C15H18N2. The molecule has 0 radical (unpaired) electrons. The van der Waals surface area contributed by atoms with Gasteiger partial charge in [0.05, 0.1) is 5.69 Å². The molecule has 0 unspecified atom stereocenters. The number of aromatic nitrogens is 1. The summed E-state index contributed by atoms with van der Waals surface area (Å²) in [5.74, 6) is 0. The lowest BCUT2D eigenvalue weighted by atomic mass is 10.1. The van der Waals surface area contributed by atoms with Crippen molar-refractivity contribution in [3.8, 4) is 0 Å². The fraction of sp³-hybridized carbons (Fsp3) is 0.267. The number of nitrogens with zero attached hydrogens (tertiary/aromatic N) is 1. The maximum atomic E-state index is 4.36. The predicted molar refractivity (Wildman–Crippen MR) is 70.7 cm³/mol. The number of hydrogen-bond acceptors (Lipinski definition) is 2. The lowest BCUT2D eigenvalue weighted by molar-refractivity contribution is 0.676. The highest BCUT2D eigenvalue weighted by atomic mass is 14.9. The molecule has 2 heteroatoms. The summed E-state index contributed by atoms with van der Waals surface area (Å²) in [5.41, 5.74) is 4.99. The molecule has 2 rings (SSSR count). The molecule has 17 heavy (non-hydrogen) atoms. The van der Waals surface area contributed by atoms with Crippen LogP contribution in [0.3, 0.4) is 0 Å². The van der Waals surface area contributed by atoms with Crippen molar-refractivity contribution in [2.75, 3.05) is 0 Å². The number of hydrogen-bond donors (Lipinski definition) is 1. The minimum atomic E-state index is 0.820. The van der Waals surface area contributed by atoms with Crippen molar-refractivity contribution in [2.45, 2.75) is 26.9 Å². The first-order valence-corrected chi connectivity index (χ1v) is 5.92. The van der Waals surface area contributed by atoms with Crippen molar-refractivity contribution in [3.05, 3.63) is 65.0 Å². The van der Waals surface area contributed by atoms with E-state index in [-0.39, 0.29) is 0 Å². The Morgan fingerprint density at radius 3 is 2.71 bits per heavy atom. The van der Waals surface area contributed by atoms with Crippen LogP contribution >= 0.6 is 0 Å². The Morgan fingerprint density at radius 2 is 1.94 bits per heavy atom. The van der Waals surface area contributed by atoms with Gasteiger partial charge < -0.3 is 5.32 Å². The van der Waals surface area contributed by atoms with E-state index >= 15 is 0 Å². The molecule has 0 aliphatic carbocycles. The maximum absolute atomic E-state index is 4.36. The highest BCUT2D eigenvalue weighted by Crippen LogP contribution is 2.05. The Bertz CT molecular complexity index is 492. The molecule has 1 aromatic carbocycles. The molecule has 88 valence electrons. The number of rotatable bonds is 4. The van der Waals surface area contributed by atoms with Gasteiger partial charge in [0.15, 0.2) is 0 Å². The summed E-state index contributed by atoms with van der Waals surface area (Å²) in [6.07, 6.45) is 1.84. The zero-order valence-corrected chi connectivity index (χ0v) is 10.4. The predicted octanol–water partition coefficient (Wildman–Crippen LogP) is 2.99. The lowest BCUT2D eigenvalue weighted by Gasteiger charge is -2.07. The largest absolute Gasteiger partial charge is 0.307 e. The van der Waals surface area contributed by atoms with Crippen LogP contribution in [0.1, 0.15) is 22.4 Å². The van der Waals surface area contributed by atoms with E-state index in [4.69, 9.17) is 0 Å². The average Bonchev–Trinajstić information content (AvgIpc) is 2.32. The Kier molecular flexibility index (Phi) is 3.89. The van der Waals surface area contributed by atoms with Gasteiger partial charge in [-0.3, -0.25) is 4.98 Å². The van der Waals surface area contributed by atoms with Gasteiger partial charge in [-0.25, -0.2) is 0 Å². The van der Waals surface area contributed by atoms with Gasteiger partial charge in [-0.05, 0) is 31.0 Å². The minimum Gasteiger partial charge on any atom is -0.307 e. The van der Waals surface area contributed by atoms with E-state index in [2.05, 4.69) is 54.5 Å². The summed E-state index contributed by atoms with van der Waals surface area (Å²) in [6, 6.07) is 12.6. The monoisotopic (exact) mass is 226 g/mol. The zero-order chi connectivity index (χ0) is 12.1. The average molecular weight is 226 g/mol. The third-order valence-corrected chi connectivity index (χ3v) is 2.82. The van der Waals surface area contributed by atoms with Crippen LogP contribution in [0.2, 0.25) is 0 Å². The van der Waals surface area contributed by atoms with E-state index in [1.807, 2.05) is 12.3 Å².